The lowest BCUT2D eigenvalue weighted by molar-refractivity contribution is -0.124. The van der Waals surface area contributed by atoms with Crippen molar-refractivity contribution in [1.82, 2.24) is 5.32 Å². The Hall–Kier alpha value is -1.40. The summed E-state index contributed by atoms with van der Waals surface area (Å²) >= 11 is 0. The average molecular weight is 298 g/mol. The summed E-state index contributed by atoms with van der Waals surface area (Å²) in [4.78, 5) is 12.3. The first-order chi connectivity index (χ1) is 9.04. The highest BCUT2D eigenvalue weighted by atomic mass is 32.2. The summed E-state index contributed by atoms with van der Waals surface area (Å²) in [7, 11) is -3.52. The first-order valence-electron chi connectivity index (χ1n) is 6.32. The molecule has 112 valence electrons. The minimum atomic E-state index is -3.52. The predicted molar refractivity (Wildman–Crippen MR) is 79.9 cm³/mol. The highest BCUT2D eigenvalue weighted by Gasteiger charge is 2.41. The number of amides is 1. The maximum atomic E-state index is 12.3. The molecular formula is C14H22N2O3S. The molecule has 0 bridgehead atoms. The van der Waals surface area contributed by atoms with E-state index in [0.29, 0.717) is 0 Å². The van der Waals surface area contributed by atoms with E-state index < -0.39 is 26.0 Å². The van der Waals surface area contributed by atoms with E-state index in [4.69, 9.17) is 5.73 Å². The fraction of sp³-hybridized carbons (Fsp3) is 0.500. The zero-order valence-corrected chi connectivity index (χ0v) is 13.1. The molecule has 0 heterocycles. The molecule has 1 unspecified atom stereocenters. The molecular weight excluding hydrogens is 276 g/mol. The van der Waals surface area contributed by atoms with E-state index in [1.807, 2.05) is 30.3 Å². The van der Waals surface area contributed by atoms with Crippen molar-refractivity contribution in [3.05, 3.63) is 35.9 Å². The maximum absolute atomic E-state index is 12.3. The van der Waals surface area contributed by atoms with Crippen molar-refractivity contribution >= 4 is 15.7 Å². The average Bonchev–Trinajstić information content (AvgIpc) is 2.38. The minimum absolute atomic E-state index is 0.169. The first kappa shape index (κ1) is 16.7. The topological polar surface area (TPSA) is 89.3 Å². The number of sulfone groups is 1. The monoisotopic (exact) mass is 298 g/mol. The van der Waals surface area contributed by atoms with Crippen LogP contribution in [-0.4, -0.2) is 31.9 Å². The number of hydrogen-bond donors (Lipinski definition) is 2. The molecule has 0 saturated heterocycles. The molecule has 3 N–H and O–H groups in total. The van der Waals surface area contributed by atoms with Crippen LogP contribution in [0.15, 0.2) is 30.3 Å². The Kier molecular flexibility index (Phi) is 4.61. The Bertz CT molecular complexity index is 582. The van der Waals surface area contributed by atoms with Gasteiger partial charge in [0, 0.05) is 12.8 Å². The number of carbonyl (C=O) groups is 1. The number of carbonyl (C=O) groups excluding carboxylic acids is 1. The number of nitrogens with one attached hydrogen (secondary N) is 1. The number of benzene rings is 1. The molecule has 0 aromatic heterocycles. The van der Waals surface area contributed by atoms with Gasteiger partial charge in [0.05, 0.1) is 5.54 Å². The first-order valence-corrected chi connectivity index (χ1v) is 8.21. The highest BCUT2D eigenvalue weighted by Crippen LogP contribution is 2.22. The lowest BCUT2D eigenvalue weighted by atomic mass is 9.91. The molecule has 6 heteroatoms. The van der Waals surface area contributed by atoms with Crippen molar-refractivity contribution in [1.29, 1.82) is 0 Å². The number of rotatable bonds is 5. The van der Waals surface area contributed by atoms with E-state index in [1.54, 1.807) is 6.92 Å². The van der Waals surface area contributed by atoms with Crippen molar-refractivity contribution in [2.75, 3.05) is 12.8 Å². The van der Waals surface area contributed by atoms with E-state index in [2.05, 4.69) is 5.32 Å². The molecule has 5 nitrogen and oxygen atoms in total. The summed E-state index contributed by atoms with van der Waals surface area (Å²) in [5.74, 6) is -0.559. The predicted octanol–water partition coefficient (Wildman–Crippen LogP) is 0.800. The Morgan fingerprint density at radius 2 is 1.70 bits per heavy atom. The van der Waals surface area contributed by atoms with E-state index >= 15 is 0 Å². The molecule has 0 radical (unpaired) electrons. The zero-order valence-electron chi connectivity index (χ0n) is 12.3. The highest BCUT2D eigenvalue weighted by molar-refractivity contribution is 7.92. The summed E-state index contributed by atoms with van der Waals surface area (Å²) < 4.78 is 21.9. The van der Waals surface area contributed by atoms with Crippen LogP contribution < -0.4 is 11.1 Å². The van der Waals surface area contributed by atoms with E-state index in [9.17, 15) is 13.2 Å². The second kappa shape index (κ2) is 5.54. The van der Waals surface area contributed by atoms with Gasteiger partial charge in [-0.2, -0.15) is 0 Å². The SMILES string of the molecule is CC(CN)(NC(=O)C(C)(C)S(C)(=O)=O)c1ccccc1. The fourth-order valence-corrected chi connectivity index (χ4v) is 2.00. The fourth-order valence-electron chi connectivity index (χ4n) is 1.62. The van der Waals surface area contributed by atoms with Crippen LogP contribution in [0, 0.1) is 0 Å². The molecule has 0 aliphatic heterocycles. The standard InChI is InChI=1S/C14H22N2O3S/c1-13(2,20(4,18)19)12(17)16-14(3,10-15)11-8-6-5-7-9-11/h5-9H,10,15H2,1-4H3,(H,16,17). The van der Waals surface area contributed by atoms with Gasteiger partial charge in [0.2, 0.25) is 5.91 Å². The Morgan fingerprint density at radius 3 is 2.10 bits per heavy atom. The molecule has 0 aliphatic carbocycles. The van der Waals surface area contributed by atoms with E-state index in [-0.39, 0.29) is 6.54 Å². The third-order valence-electron chi connectivity index (χ3n) is 3.68. The van der Waals surface area contributed by atoms with Crippen LogP contribution in [-0.2, 0) is 20.2 Å². The third kappa shape index (κ3) is 3.19. The molecule has 0 aliphatic rings. The van der Waals surface area contributed by atoms with Gasteiger partial charge in [-0.1, -0.05) is 30.3 Å². The molecule has 0 fully saturated rings. The second-order valence-corrected chi connectivity index (χ2v) is 8.20. The van der Waals surface area contributed by atoms with Crippen LogP contribution in [0.1, 0.15) is 26.3 Å². The maximum Gasteiger partial charge on any atom is 0.241 e. The molecule has 0 saturated carbocycles. The van der Waals surface area contributed by atoms with Gasteiger partial charge in [-0.3, -0.25) is 4.79 Å². The van der Waals surface area contributed by atoms with Crippen LogP contribution in [0.4, 0.5) is 0 Å². The van der Waals surface area contributed by atoms with Crippen LogP contribution in [0.5, 0.6) is 0 Å². The molecule has 1 aromatic carbocycles. The van der Waals surface area contributed by atoms with Crippen molar-refractivity contribution in [3.8, 4) is 0 Å². The van der Waals surface area contributed by atoms with Gasteiger partial charge < -0.3 is 11.1 Å². The third-order valence-corrected chi connectivity index (χ3v) is 5.72. The van der Waals surface area contributed by atoms with E-state index in [1.165, 1.54) is 13.8 Å². The van der Waals surface area contributed by atoms with Crippen molar-refractivity contribution in [3.63, 3.8) is 0 Å². The lowest BCUT2D eigenvalue weighted by Gasteiger charge is -2.33. The largest absolute Gasteiger partial charge is 0.344 e. The van der Waals surface area contributed by atoms with Gasteiger partial charge in [0.15, 0.2) is 9.84 Å². The smallest absolute Gasteiger partial charge is 0.241 e. The summed E-state index contributed by atoms with van der Waals surface area (Å²) in [6.45, 7) is 4.72. The second-order valence-electron chi connectivity index (χ2n) is 5.64. The van der Waals surface area contributed by atoms with Gasteiger partial charge in [0.1, 0.15) is 4.75 Å². The zero-order chi connectivity index (χ0) is 15.6. The van der Waals surface area contributed by atoms with Crippen molar-refractivity contribution < 1.29 is 13.2 Å². The summed E-state index contributed by atoms with van der Waals surface area (Å²) in [5, 5.41) is 2.76. The minimum Gasteiger partial charge on any atom is -0.344 e. The normalized spacial score (nSPS) is 15.4. The van der Waals surface area contributed by atoms with Crippen LogP contribution in [0.2, 0.25) is 0 Å². The van der Waals surface area contributed by atoms with Crippen LogP contribution >= 0.6 is 0 Å². The van der Waals surface area contributed by atoms with Crippen molar-refractivity contribution in [2.45, 2.75) is 31.1 Å². The van der Waals surface area contributed by atoms with Crippen molar-refractivity contribution in [2.24, 2.45) is 5.73 Å². The van der Waals surface area contributed by atoms with Gasteiger partial charge >= 0.3 is 0 Å². The van der Waals surface area contributed by atoms with Gasteiger partial charge in [0.25, 0.3) is 0 Å². The van der Waals surface area contributed by atoms with E-state index in [0.717, 1.165) is 11.8 Å². The molecule has 1 aromatic rings. The molecule has 1 amide bonds. The van der Waals surface area contributed by atoms with Gasteiger partial charge in [-0.05, 0) is 26.3 Å². The number of nitrogens with two attached hydrogens (primary N) is 1. The lowest BCUT2D eigenvalue weighted by Crippen LogP contribution is -2.56. The molecule has 20 heavy (non-hydrogen) atoms. The molecule has 1 rings (SSSR count). The summed E-state index contributed by atoms with van der Waals surface area (Å²) in [6, 6.07) is 9.25. The Morgan fingerprint density at radius 1 is 1.20 bits per heavy atom. The van der Waals surface area contributed by atoms with Crippen LogP contribution in [0.3, 0.4) is 0 Å². The Balaban J connectivity index is 3.10. The quantitative estimate of drug-likeness (QED) is 0.841. The summed E-state index contributed by atoms with van der Waals surface area (Å²) in [5.41, 5.74) is 5.80. The van der Waals surface area contributed by atoms with Gasteiger partial charge in [-0.25, -0.2) is 8.42 Å². The molecule has 0 spiro atoms. The van der Waals surface area contributed by atoms with Gasteiger partial charge in [-0.15, -0.1) is 0 Å². The molecule has 1 atom stereocenters. The summed E-state index contributed by atoms with van der Waals surface area (Å²) in [6.07, 6.45) is 1.05. The Labute approximate surface area is 120 Å². The number of hydrogen-bond acceptors (Lipinski definition) is 4. The van der Waals surface area contributed by atoms with Crippen LogP contribution in [0.25, 0.3) is 0 Å².